The highest BCUT2D eigenvalue weighted by Gasteiger charge is 2.59. The summed E-state index contributed by atoms with van der Waals surface area (Å²) in [4.78, 5) is 11.4. The molecule has 1 aliphatic carbocycles. The predicted molar refractivity (Wildman–Crippen MR) is 128 cm³/mol. The Balaban J connectivity index is 1.19. The molecule has 1 saturated carbocycles. The number of anilines is 2. The molecule has 3 fully saturated rings. The van der Waals surface area contributed by atoms with Crippen molar-refractivity contribution in [3.8, 4) is 0 Å². The molecule has 3 aliphatic rings. The Morgan fingerprint density at radius 1 is 1.20 bits per heavy atom. The molecule has 4 heterocycles. The number of halogens is 3. The van der Waals surface area contributed by atoms with Crippen LogP contribution in [0, 0.1) is 6.92 Å². The lowest BCUT2D eigenvalue weighted by atomic mass is 9.88. The molecule has 0 radical (unpaired) electrons. The summed E-state index contributed by atoms with van der Waals surface area (Å²) in [5, 5.41) is 18.9. The molecule has 0 bridgehead atoms. The first-order valence-electron chi connectivity index (χ1n) is 11.9. The summed E-state index contributed by atoms with van der Waals surface area (Å²) in [7, 11) is 0. The van der Waals surface area contributed by atoms with Crippen molar-refractivity contribution >= 4 is 34.1 Å². The molecular formula is C24H27ClF2N6O2. The SMILES string of the molecule is Cc1c(Nc2ncc3cc(Cl)c(C4CCN([C@@H]5COC[C@@H]5O)CC4)cc3n2)cnn1[C@@H]1CC1(F)F. The molecule has 0 spiro atoms. The minimum Gasteiger partial charge on any atom is -0.389 e. The summed E-state index contributed by atoms with van der Waals surface area (Å²) in [6.45, 7) is 4.50. The number of nitrogens with one attached hydrogen (secondary N) is 1. The topological polar surface area (TPSA) is 88.3 Å². The van der Waals surface area contributed by atoms with Crippen molar-refractivity contribution in [1.82, 2.24) is 24.6 Å². The lowest BCUT2D eigenvalue weighted by Crippen LogP contribution is -2.46. The number of nitrogens with zero attached hydrogens (tertiary/aromatic N) is 5. The molecule has 2 aliphatic heterocycles. The van der Waals surface area contributed by atoms with Crippen molar-refractivity contribution in [1.29, 1.82) is 0 Å². The molecule has 2 N–H and O–H groups in total. The Morgan fingerprint density at radius 3 is 2.66 bits per heavy atom. The second-order valence-corrected chi connectivity index (χ2v) is 10.2. The number of aliphatic hydroxyl groups is 1. The Labute approximate surface area is 206 Å². The van der Waals surface area contributed by atoms with Gasteiger partial charge in [0.05, 0.1) is 48.5 Å². The maximum absolute atomic E-state index is 13.5. The van der Waals surface area contributed by atoms with E-state index >= 15 is 0 Å². The van der Waals surface area contributed by atoms with Crippen LogP contribution in [-0.2, 0) is 4.74 Å². The first-order chi connectivity index (χ1) is 16.8. The fraction of sp³-hybridized carbons (Fsp3) is 0.542. The van der Waals surface area contributed by atoms with Gasteiger partial charge in [0.25, 0.3) is 5.92 Å². The van der Waals surface area contributed by atoms with E-state index in [4.69, 9.17) is 16.3 Å². The monoisotopic (exact) mass is 504 g/mol. The largest absolute Gasteiger partial charge is 0.389 e. The van der Waals surface area contributed by atoms with Gasteiger partial charge in [0, 0.05) is 23.0 Å². The fourth-order valence-corrected chi connectivity index (χ4v) is 5.63. The van der Waals surface area contributed by atoms with E-state index in [9.17, 15) is 13.9 Å². The number of benzene rings is 1. The van der Waals surface area contributed by atoms with Gasteiger partial charge in [-0.3, -0.25) is 9.58 Å². The summed E-state index contributed by atoms with van der Waals surface area (Å²) in [6.07, 6.45) is 4.52. The Hall–Kier alpha value is -2.40. The van der Waals surface area contributed by atoms with Crippen LogP contribution >= 0.6 is 11.6 Å². The third kappa shape index (κ3) is 4.26. The van der Waals surface area contributed by atoms with Crippen molar-refractivity contribution in [2.24, 2.45) is 0 Å². The van der Waals surface area contributed by atoms with Gasteiger partial charge >= 0.3 is 0 Å². The van der Waals surface area contributed by atoms with Crippen molar-refractivity contribution in [2.45, 2.75) is 56.2 Å². The molecule has 0 unspecified atom stereocenters. The van der Waals surface area contributed by atoms with Gasteiger partial charge in [0.1, 0.15) is 6.04 Å². The number of piperidine rings is 1. The molecular weight excluding hydrogens is 478 g/mol. The molecule has 3 atom stereocenters. The third-order valence-electron chi connectivity index (χ3n) is 7.54. The first-order valence-corrected chi connectivity index (χ1v) is 12.3. The summed E-state index contributed by atoms with van der Waals surface area (Å²) < 4.78 is 33.7. The van der Waals surface area contributed by atoms with Crippen LogP contribution in [0.5, 0.6) is 0 Å². The summed E-state index contributed by atoms with van der Waals surface area (Å²) in [6, 6.07) is 3.12. The van der Waals surface area contributed by atoms with Crippen LogP contribution in [0.4, 0.5) is 20.4 Å². The zero-order valence-electron chi connectivity index (χ0n) is 19.3. The number of ether oxygens (including phenoxy) is 1. The summed E-state index contributed by atoms with van der Waals surface area (Å²) in [5.41, 5.74) is 3.05. The maximum atomic E-state index is 13.5. The maximum Gasteiger partial charge on any atom is 0.272 e. The van der Waals surface area contributed by atoms with E-state index in [1.807, 2.05) is 12.1 Å². The molecule has 2 aromatic heterocycles. The highest BCUT2D eigenvalue weighted by molar-refractivity contribution is 6.32. The van der Waals surface area contributed by atoms with E-state index in [-0.39, 0.29) is 12.5 Å². The zero-order chi connectivity index (χ0) is 24.3. The van der Waals surface area contributed by atoms with Gasteiger partial charge in [-0.2, -0.15) is 5.10 Å². The van der Waals surface area contributed by atoms with Crippen molar-refractivity contribution < 1.29 is 18.6 Å². The molecule has 1 aromatic carbocycles. The zero-order valence-corrected chi connectivity index (χ0v) is 20.0. The number of likely N-dealkylation sites (tertiary alicyclic amines) is 1. The van der Waals surface area contributed by atoms with Crippen LogP contribution in [0.2, 0.25) is 5.02 Å². The van der Waals surface area contributed by atoms with Crippen LogP contribution in [0.3, 0.4) is 0 Å². The number of alkyl halides is 2. The van der Waals surface area contributed by atoms with Gasteiger partial charge in [0.2, 0.25) is 5.95 Å². The van der Waals surface area contributed by atoms with Gasteiger partial charge in [-0.15, -0.1) is 0 Å². The second-order valence-electron chi connectivity index (χ2n) is 9.80. The van der Waals surface area contributed by atoms with Crippen molar-refractivity contribution in [3.05, 3.63) is 40.8 Å². The minimum absolute atomic E-state index is 0.0725. The summed E-state index contributed by atoms with van der Waals surface area (Å²) >= 11 is 6.66. The summed E-state index contributed by atoms with van der Waals surface area (Å²) in [5.74, 6) is -2.01. The van der Waals surface area contributed by atoms with Crippen LogP contribution in [0.15, 0.2) is 24.5 Å². The van der Waals surface area contributed by atoms with E-state index in [2.05, 4.69) is 25.3 Å². The van der Waals surface area contributed by atoms with Crippen LogP contribution < -0.4 is 5.32 Å². The number of fused-ring (bicyclic) bond motifs is 1. The van der Waals surface area contributed by atoms with Crippen LogP contribution in [-0.4, -0.2) is 74.1 Å². The fourth-order valence-electron chi connectivity index (χ4n) is 5.31. The lowest BCUT2D eigenvalue weighted by Gasteiger charge is -2.36. The normalized spacial score (nSPS) is 26.9. The van der Waals surface area contributed by atoms with E-state index in [1.165, 1.54) is 10.9 Å². The van der Waals surface area contributed by atoms with Gasteiger partial charge in [-0.05, 0) is 56.5 Å². The van der Waals surface area contributed by atoms with Gasteiger partial charge in [-0.25, -0.2) is 18.7 Å². The van der Waals surface area contributed by atoms with Gasteiger partial charge in [-0.1, -0.05) is 11.6 Å². The third-order valence-corrected chi connectivity index (χ3v) is 7.86. The highest BCUT2D eigenvalue weighted by Crippen LogP contribution is 2.53. The molecule has 6 rings (SSSR count). The average Bonchev–Trinajstić information content (AvgIpc) is 3.11. The Morgan fingerprint density at radius 2 is 1.97 bits per heavy atom. The highest BCUT2D eigenvalue weighted by atomic mass is 35.5. The quantitative estimate of drug-likeness (QED) is 0.542. The first kappa shape index (κ1) is 23.0. The number of hydrogen-bond donors (Lipinski definition) is 2. The molecule has 186 valence electrons. The molecule has 8 nitrogen and oxygen atoms in total. The molecule has 0 amide bonds. The number of rotatable bonds is 5. The van der Waals surface area contributed by atoms with Crippen molar-refractivity contribution in [2.75, 3.05) is 31.6 Å². The molecule has 35 heavy (non-hydrogen) atoms. The van der Waals surface area contributed by atoms with Gasteiger partial charge < -0.3 is 15.2 Å². The van der Waals surface area contributed by atoms with E-state index in [0.29, 0.717) is 41.5 Å². The number of hydrogen-bond acceptors (Lipinski definition) is 7. The lowest BCUT2D eigenvalue weighted by molar-refractivity contribution is 0.0663. The second kappa shape index (κ2) is 8.62. The average molecular weight is 505 g/mol. The Kier molecular flexibility index (Phi) is 5.67. The number of aliphatic hydroxyl groups excluding tert-OH is 1. The van der Waals surface area contributed by atoms with Crippen LogP contribution in [0.1, 0.15) is 42.5 Å². The molecule has 11 heteroatoms. The van der Waals surface area contributed by atoms with E-state index in [0.717, 1.165) is 42.4 Å². The number of aromatic nitrogens is 4. The van der Waals surface area contributed by atoms with Crippen molar-refractivity contribution in [3.63, 3.8) is 0 Å². The predicted octanol–water partition coefficient (Wildman–Crippen LogP) is 4.05. The van der Waals surface area contributed by atoms with Gasteiger partial charge in [0.15, 0.2) is 0 Å². The molecule has 2 saturated heterocycles. The Bertz CT molecular complexity index is 1260. The standard InChI is InChI=1S/C24H27ClF2N6O2/c1-13-19(10-29-33(13)22-8-24(22,26)27)31-23-28-9-15-6-17(25)16(7-18(15)30-23)14-2-4-32(5-3-14)20-11-35-12-21(20)34/h6-7,9-10,14,20-22,34H,2-5,8,11-12H2,1H3,(H,28,30,31)/t20-,21+,22-/m1/s1. The molecule has 3 aromatic rings. The minimum atomic E-state index is -2.69. The van der Waals surface area contributed by atoms with E-state index < -0.39 is 18.1 Å². The van der Waals surface area contributed by atoms with Crippen LogP contribution in [0.25, 0.3) is 10.9 Å². The smallest absolute Gasteiger partial charge is 0.272 e. The van der Waals surface area contributed by atoms with E-state index in [1.54, 1.807) is 13.1 Å².